The Morgan fingerprint density at radius 3 is 2.62 bits per heavy atom. The largest absolute Gasteiger partial charge is 0.416 e. The molecule has 168 valence electrons. The minimum atomic E-state index is -4.55. The van der Waals surface area contributed by atoms with Crippen LogP contribution in [-0.4, -0.2) is 25.5 Å². The van der Waals surface area contributed by atoms with E-state index in [-0.39, 0.29) is 21.8 Å². The fourth-order valence-electron chi connectivity index (χ4n) is 3.35. The number of hydrogen-bond donors (Lipinski definition) is 2. The van der Waals surface area contributed by atoms with E-state index in [1.807, 2.05) is 0 Å². The number of nitrogens with one attached hydrogen (secondary N) is 2. The van der Waals surface area contributed by atoms with Gasteiger partial charge in [-0.2, -0.15) is 13.2 Å². The Kier molecular flexibility index (Phi) is 5.82. The number of thiazole rings is 1. The summed E-state index contributed by atoms with van der Waals surface area (Å²) in [6.45, 7) is 0. The number of halogens is 3. The van der Waals surface area contributed by atoms with Crippen molar-refractivity contribution in [3.8, 4) is 5.75 Å². The van der Waals surface area contributed by atoms with E-state index >= 15 is 0 Å². The van der Waals surface area contributed by atoms with E-state index in [1.165, 1.54) is 24.4 Å². The van der Waals surface area contributed by atoms with Crippen LogP contribution in [0.4, 0.5) is 23.1 Å². The Morgan fingerprint density at radius 1 is 1.12 bits per heavy atom. The number of carbonyl (C=O) groups is 1. The maximum Gasteiger partial charge on any atom is 0.416 e. The first-order chi connectivity index (χ1) is 15.1. The van der Waals surface area contributed by atoms with Crippen LogP contribution in [0, 0.1) is 0 Å². The molecule has 1 atom stereocenters. The summed E-state index contributed by atoms with van der Waals surface area (Å²) in [6.07, 6.45) is -3.16. The first-order valence-corrected chi connectivity index (χ1v) is 11.7. The minimum absolute atomic E-state index is 0.0682. The second-order valence-electron chi connectivity index (χ2n) is 7.04. The Bertz CT molecular complexity index is 1250. The third-order valence-electron chi connectivity index (χ3n) is 4.77. The van der Waals surface area contributed by atoms with Crippen molar-refractivity contribution in [2.24, 2.45) is 0 Å². The molecule has 3 aromatic rings. The zero-order valence-corrected chi connectivity index (χ0v) is 17.9. The smallest absolute Gasteiger partial charge is 0.410 e. The molecule has 1 aliphatic carbocycles. The maximum absolute atomic E-state index is 12.8. The Balaban J connectivity index is 1.40. The second-order valence-corrected chi connectivity index (χ2v) is 9.61. The van der Waals surface area contributed by atoms with Crippen LogP contribution in [-0.2, 0) is 29.0 Å². The van der Waals surface area contributed by atoms with Crippen LogP contribution in [0.2, 0.25) is 0 Å². The van der Waals surface area contributed by atoms with Gasteiger partial charge in [0.05, 0.1) is 10.5 Å². The van der Waals surface area contributed by atoms with Crippen molar-refractivity contribution in [2.45, 2.75) is 30.0 Å². The third kappa shape index (κ3) is 5.02. The molecule has 0 saturated carbocycles. The average Bonchev–Trinajstić information content (AvgIpc) is 3.35. The van der Waals surface area contributed by atoms with Crippen molar-refractivity contribution < 1.29 is 31.1 Å². The van der Waals surface area contributed by atoms with E-state index in [0.717, 1.165) is 40.7 Å². The molecular weight excluding hydrogens is 467 g/mol. The molecule has 1 aliphatic rings. The zero-order valence-electron chi connectivity index (χ0n) is 16.2. The molecule has 0 saturated heterocycles. The van der Waals surface area contributed by atoms with Gasteiger partial charge in [0.1, 0.15) is 5.75 Å². The van der Waals surface area contributed by atoms with E-state index in [1.54, 1.807) is 11.4 Å². The molecule has 0 bridgehead atoms. The molecule has 32 heavy (non-hydrogen) atoms. The number of hydrogen-bond acceptors (Lipinski definition) is 6. The molecule has 7 nitrogen and oxygen atoms in total. The predicted molar refractivity (Wildman–Crippen MR) is 111 cm³/mol. The fraction of sp³-hybridized carbons (Fsp3) is 0.200. The molecule has 0 aliphatic heterocycles. The van der Waals surface area contributed by atoms with Crippen molar-refractivity contribution in [2.75, 3.05) is 4.72 Å². The van der Waals surface area contributed by atoms with Gasteiger partial charge in [0, 0.05) is 17.6 Å². The van der Waals surface area contributed by atoms with Gasteiger partial charge >= 0.3 is 12.3 Å². The number of fused-ring (bicyclic) bond motifs is 1. The van der Waals surface area contributed by atoms with Crippen LogP contribution in [0.1, 0.15) is 16.7 Å². The van der Waals surface area contributed by atoms with Crippen LogP contribution in [0.15, 0.2) is 58.9 Å². The lowest BCUT2D eigenvalue weighted by molar-refractivity contribution is -0.137. The normalized spacial score (nSPS) is 15.8. The first kappa shape index (κ1) is 22.1. The van der Waals surface area contributed by atoms with Crippen LogP contribution < -0.4 is 14.8 Å². The molecule has 1 unspecified atom stereocenters. The minimum Gasteiger partial charge on any atom is -0.410 e. The Morgan fingerprint density at radius 2 is 1.91 bits per heavy atom. The molecule has 0 spiro atoms. The second kappa shape index (κ2) is 8.43. The highest BCUT2D eigenvalue weighted by atomic mass is 32.2. The molecule has 1 heterocycles. The van der Waals surface area contributed by atoms with E-state index in [9.17, 15) is 26.4 Å². The van der Waals surface area contributed by atoms with Gasteiger partial charge in [-0.3, -0.25) is 4.72 Å². The Labute approximate surface area is 185 Å². The standard InChI is InChI=1S/C20H16F3N3O4S2/c21-20(22,23)14-2-1-3-16(11-14)30-19(27)25-15-8-12-4-5-17(10-13(12)9-15)32(28,29)26-18-24-6-7-31-18/h1-7,10-11,15H,8-9H2,(H,24,26)(H,25,27). The quantitative estimate of drug-likeness (QED) is 0.567. The van der Waals surface area contributed by atoms with Crippen molar-refractivity contribution >= 4 is 32.6 Å². The lowest BCUT2D eigenvalue weighted by Gasteiger charge is -2.13. The lowest BCUT2D eigenvalue weighted by Crippen LogP contribution is -2.37. The predicted octanol–water partition coefficient (Wildman–Crippen LogP) is 4.22. The molecule has 1 amide bonds. The molecular formula is C20H16F3N3O4S2. The van der Waals surface area contributed by atoms with Crippen LogP contribution in [0.5, 0.6) is 5.75 Å². The summed E-state index contributed by atoms with van der Waals surface area (Å²) in [5.74, 6) is -0.227. The molecule has 2 N–H and O–H groups in total. The number of carbonyl (C=O) groups excluding carboxylic acids is 1. The summed E-state index contributed by atoms with van der Waals surface area (Å²) < 4.78 is 70.9. The number of nitrogens with zero attached hydrogens (tertiary/aromatic N) is 1. The van der Waals surface area contributed by atoms with Crippen molar-refractivity contribution in [3.63, 3.8) is 0 Å². The molecule has 0 fully saturated rings. The zero-order chi connectivity index (χ0) is 22.9. The molecule has 4 rings (SSSR count). The summed E-state index contributed by atoms with van der Waals surface area (Å²) in [5, 5.41) is 4.51. The highest BCUT2D eigenvalue weighted by Gasteiger charge is 2.31. The van der Waals surface area contributed by atoms with Gasteiger partial charge in [-0.15, -0.1) is 11.3 Å². The molecule has 2 aromatic carbocycles. The molecule has 12 heteroatoms. The van der Waals surface area contributed by atoms with Gasteiger partial charge in [0.15, 0.2) is 5.13 Å². The monoisotopic (exact) mass is 483 g/mol. The number of ether oxygens (including phenoxy) is 1. The Hall–Kier alpha value is -3.12. The highest BCUT2D eigenvalue weighted by Crippen LogP contribution is 2.31. The van der Waals surface area contributed by atoms with E-state index in [0.29, 0.717) is 12.8 Å². The van der Waals surface area contributed by atoms with Crippen molar-refractivity contribution in [1.29, 1.82) is 0 Å². The van der Waals surface area contributed by atoms with Gasteiger partial charge < -0.3 is 10.1 Å². The molecule has 1 aromatic heterocycles. The first-order valence-electron chi connectivity index (χ1n) is 9.30. The summed E-state index contributed by atoms with van der Waals surface area (Å²) in [5.41, 5.74) is 0.690. The van der Waals surface area contributed by atoms with Crippen molar-refractivity contribution in [3.05, 3.63) is 70.7 Å². The van der Waals surface area contributed by atoms with E-state index in [2.05, 4.69) is 15.0 Å². The SMILES string of the molecule is O=C(NC1Cc2ccc(S(=O)(=O)Nc3nccs3)cc2C1)Oc1cccc(C(F)(F)F)c1. The van der Waals surface area contributed by atoms with Crippen LogP contribution in [0.25, 0.3) is 0 Å². The number of alkyl halides is 3. The topological polar surface area (TPSA) is 97.4 Å². The number of rotatable bonds is 5. The number of anilines is 1. The van der Waals surface area contributed by atoms with E-state index in [4.69, 9.17) is 4.74 Å². The van der Waals surface area contributed by atoms with Crippen molar-refractivity contribution in [1.82, 2.24) is 10.3 Å². The van der Waals surface area contributed by atoms with Gasteiger partial charge in [-0.1, -0.05) is 12.1 Å². The molecule has 0 radical (unpaired) electrons. The summed E-state index contributed by atoms with van der Waals surface area (Å²) in [7, 11) is -3.81. The number of amides is 1. The number of benzene rings is 2. The van der Waals surface area contributed by atoms with Gasteiger partial charge in [0.2, 0.25) is 0 Å². The van der Waals surface area contributed by atoms with Gasteiger partial charge in [-0.25, -0.2) is 18.2 Å². The summed E-state index contributed by atoms with van der Waals surface area (Å²) in [6, 6.07) is 8.33. The fourth-order valence-corrected chi connectivity index (χ4v) is 5.19. The third-order valence-corrected chi connectivity index (χ3v) is 6.92. The maximum atomic E-state index is 12.8. The van der Waals surface area contributed by atoms with E-state index < -0.39 is 27.9 Å². The average molecular weight is 483 g/mol. The lowest BCUT2D eigenvalue weighted by atomic mass is 10.1. The van der Waals surface area contributed by atoms with Gasteiger partial charge in [-0.05, 0) is 54.3 Å². The van der Waals surface area contributed by atoms with Crippen LogP contribution >= 0.6 is 11.3 Å². The number of sulfonamides is 1. The number of aromatic nitrogens is 1. The highest BCUT2D eigenvalue weighted by molar-refractivity contribution is 7.93. The summed E-state index contributed by atoms with van der Waals surface area (Å²) >= 11 is 1.15. The summed E-state index contributed by atoms with van der Waals surface area (Å²) in [4.78, 5) is 16.1. The van der Waals surface area contributed by atoms with Crippen LogP contribution in [0.3, 0.4) is 0 Å². The van der Waals surface area contributed by atoms with Gasteiger partial charge in [0.25, 0.3) is 10.0 Å².